The topological polar surface area (TPSA) is 78.9 Å². The number of aliphatic carboxylic acids is 1. The smallest absolute Gasteiger partial charge is 0.326 e. The van der Waals surface area contributed by atoms with E-state index < -0.39 is 12.0 Å². The van der Waals surface area contributed by atoms with Gasteiger partial charge in [0, 0.05) is 0 Å². The third kappa shape index (κ3) is 1.85. The number of para-hydroxylation sites is 2. The van der Waals surface area contributed by atoms with Crippen LogP contribution in [0.4, 0.5) is 0 Å². The first-order valence-electron chi connectivity index (χ1n) is 5.20. The number of imidazole rings is 1. The van der Waals surface area contributed by atoms with Crippen molar-refractivity contribution in [2.45, 2.75) is 19.4 Å². The lowest BCUT2D eigenvalue weighted by Crippen LogP contribution is -2.17. The first-order chi connectivity index (χ1) is 8.15. The molecule has 1 atom stereocenters. The second-order valence-electron chi connectivity index (χ2n) is 3.74. The number of nitriles is 1. The molecule has 0 saturated heterocycles. The summed E-state index contributed by atoms with van der Waals surface area (Å²) in [5.41, 5.74) is 1.46. The number of carboxylic acid groups (broad SMARTS) is 1. The van der Waals surface area contributed by atoms with Crippen molar-refractivity contribution in [3.8, 4) is 6.07 Å². The van der Waals surface area contributed by atoms with Crippen molar-refractivity contribution < 1.29 is 9.90 Å². The molecule has 1 aromatic heterocycles. The van der Waals surface area contributed by atoms with Crippen LogP contribution in [0.1, 0.15) is 18.8 Å². The van der Waals surface area contributed by atoms with E-state index in [4.69, 9.17) is 10.4 Å². The van der Waals surface area contributed by atoms with Gasteiger partial charge in [0.25, 0.3) is 0 Å². The fourth-order valence-electron chi connectivity index (χ4n) is 1.83. The molecule has 1 aromatic carbocycles. The highest BCUT2D eigenvalue weighted by molar-refractivity contribution is 5.80. The first kappa shape index (κ1) is 11.1. The zero-order valence-corrected chi connectivity index (χ0v) is 9.29. The molecule has 0 unspecified atom stereocenters. The summed E-state index contributed by atoms with van der Waals surface area (Å²) in [6.07, 6.45) is 0.103. The Kier molecular flexibility index (Phi) is 2.79. The van der Waals surface area contributed by atoms with Crippen LogP contribution in [-0.4, -0.2) is 20.6 Å². The molecule has 0 amide bonds. The fraction of sp³-hybridized carbons (Fsp3) is 0.250. The highest BCUT2D eigenvalue weighted by Crippen LogP contribution is 2.21. The van der Waals surface area contributed by atoms with Crippen LogP contribution in [0.2, 0.25) is 0 Å². The number of fused-ring (bicyclic) bond motifs is 1. The second-order valence-corrected chi connectivity index (χ2v) is 3.74. The number of benzene rings is 1. The molecule has 5 nitrogen and oxygen atoms in total. The standard InChI is InChI=1S/C12H11N3O2/c1-8(12(16)17)15-10-5-3-2-4-9(10)14-11(15)6-7-13/h2-5,8H,6H2,1H3,(H,16,17)/t8-/m1/s1. The maximum Gasteiger partial charge on any atom is 0.326 e. The minimum atomic E-state index is -0.938. The number of rotatable bonds is 3. The Morgan fingerprint density at radius 3 is 2.94 bits per heavy atom. The Balaban J connectivity index is 2.68. The van der Waals surface area contributed by atoms with Crippen molar-refractivity contribution in [2.24, 2.45) is 0 Å². The van der Waals surface area contributed by atoms with Crippen molar-refractivity contribution in [2.75, 3.05) is 0 Å². The highest BCUT2D eigenvalue weighted by Gasteiger charge is 2.20. The first-order valence-corrected chi connectivity index (χ1v) is 5.20. The second kappa shape index (κ2) is 4.26. The lowest BCUT2D eigenvalue weighted by molar-refractivity contribution is -0.140. The van der Waals surface area contributed by atoms with Crippen molar-refractivity contribution in [1.29, 1.82) is 5.26 Å². The van der Waals surface area contributed by atoms with E-state index in [1.807, 2.05) is 24.3 Å². The predicted molar refractivity (Wildman–Crippen MR) is 61.4 cm³/mol. The Labute approximate surface area is 97.9 Å². The number of hydrogen-bond acceptors (Lipinski definition) is 3. The summed E-state index contributed by atoms with van der Waals surface area (Å²) in [7, 11) is 0. The summed E-state index contributed by atoms with van der Waals surface area (Å²) in [4.78, 5) is 15.3. The third-order valence-corrected chi connectivity index (χ3v) is 2.65. The highest BCUT2D eigenvalue weighted by atomic mass is 16.4. The number of hydrogen-bond donors (Lipinski definition) is 1. The average molecular weight is 229 g/mol. The largest absolute Gasteiger partial charge is 0.480 e. The van der Waals surface area contributed by atoms with Gasteiger partial charge in [-0.2, -0.15) is 5.26 Å². The van der Waals surface area contributed by atoms with Crippen LogP contribution in [0.3, 0.4) is 0 Å². The molecule has 0 spiro atoms. The Morgan fingerprint density at radius 1 is 1.59 bits per heavy atom. The van der Waals surface area contributed by atoms with Gasteiger partial charge in [-0.25, -0.2) is 9.78 Å². The van der Waals surface area contributed by atoms with E-state index in [-0.39, 0.29) is 6.42 Å². The van der Waals surface area contributed by atoms with Gasteiger partial charge < -0.3 is 9.67 Å². The van der Waals surface area contributed by atoms with E-state index >= 15 is 0 Å². The lowest BCUT2D eigenvalue weighted by Gasteiger charge is -2.11. The third-order valence-electron chi connectivity index (χ3n) is 2.65. The summed E-state index contributed by atoms with van der Waals surface area (Å²) in [6, 6.07) is 8.55. The molecular weight excluding hydrogens is 218 g/mol. The van der Waals surface area contributed by atoms with Crippen LogP contribution in [0.25, 0.3) is 11.0 Å². The normalized spacial score (nSPS) is 12.2. The van der Waals surface area contributed by atoms with Gasteiger partial charge in [0.05, 0.1) is 23.5 Å². The van der Waals surface area contributed by atoms with Gasteiger partial charge in [-0.3, -0.25) is 0 Å². The quantitative estimate of drug-likeness (QED) is 0.869. The van der Waals surface area contributed by atoms with Gasteiger partial charge in [0.15, 0.2) is 0 Å². The molecule has 0 aliphatic rings. The van der Waals surface area contributed by atoms with Gasteiger partial charge in [0.1, 0.15) is 11.9 Å². The van der Waals surface area contributed by atoms with E-state index in [1.165, 1.54) is 0 Å². The van der Waals surface area contributed by atoms with Crippen LogP contribution in [0, 0.1) is 11.3 Å². The maximum atomic E-state index is 11.1. The van der Waals surface area contributed by atoms with Crippen molar-refractivity contribution >= 4 is 17.0 Å². The van der Waals surface area contributed by atoms with Crippen LogP contribution in [0.15, 0.2) is 24.3 Å². The molecule has 0 fully saturated rings. The number of aromatic nitrogens is 2. The number of nitrogens with zero attached hydrogens (tertiary/aromatic N) is 3. The summed E-state index contributed by atoms with van der Waals surface area (Å²) >= 11 is 0. The number of carboxylic acids is 1. The SMILES string of the molecule is C[C@H](C(=O)O)n1c(CC#N)nc2ccccc21. The van der Waals surface area contributed by atoms with Crippen LogP contribution in [-0.2, 0) is 11.2 Å². The zero-order chi connectivity index (χ0) is 12.4. The summed E-state index contributed by atoms with van der Waals surface area (Å²) in [6.45, 7) is 1.58. The Hall–Kier alpha value is -2.35. The van der Waals surface area contributed by atoms with E-state index in [0.29, 0.717) is 11.3 Å². The predicted octanol–water partition coefficient (Wildman–Crippen LogP) is 1.75. The van der Waals surface area contributed by atoms with E-state index in [1.54, 1.807) is 17.6 Å². The van der Waals surface area contributed by atoms with Crippen LogP contribution >= 0.6 is 0 Å². The van der Waals surface area contributed by atoms with E-state index in [9.17, 15) is 4.79 Å². The minimum Gasteiger partial charge on any atom is -0.480 e. The molecule has 5 heteroatoms. The van der Waals surface area contributed by atoms with Crippen molar-refractivity contribution in [3.63, 3.8) is 0 Å². The molecule has 2 aromatic rings. The van der Waals surface area contributed by atoms with Crippen molar-refractivity contribution in [3.05, 3.63) is 30.1 Å². The van der Waals surface area contributed by atoms with E-state index in [0.717, 1.165) is 5.52 Å². The molecule has 0 aliphatic carbocycles. The molecule has 1 heterocycles. The minimum absolute atomic E-state index is 0.103. The van der Waals surface area contributed by atoms with Crippen molar-refractivity contribution in [1.82, 2.24) is 9.55 Å². The van der Waals surface area contributed by atoms with Gasteiger partial charge >= 0.3 is 5.97 Å². The van der Waals surface area contributed by atoms with Crippen LogP contribution in [0.5, 0.6) is 0 Å². The molecule has 0 aliphatic heterocycles. The van der Waals surface area contributed by atoms with Gasteiger partial charge in [-0.15, -0.1) is 0 Å². The summed E-state index contributed by atoms with van der Waals surface area (Å²) < 4.78 is 1.60. The molecule has 0 bridgehead atoms. The molecule has 0 saturated carbocycles. The average Bonchev–Trinajstić information content (AvgIpc) is 2.66. The fourth-order valence-corrected chi connectivity index (χ4v) is 1.83. The van der Waals surface area contributed by atoms with E-state index in [2.05, 4.69) is 4.98 Å². The molecule has 17 heavy (non-hydrogen) atoms. The Bertz CT molecular complexity index is 610. The molecular formula is C12H11N3O2. The monoisotopic (exact) mass is 229 g/mol. The lowest BCUT2D eigenvalue weighted by atomic mass is 10.2. The molecule has 86 valence electrons. The molecule has 1 N–H and O–H groups in total. The molecule has 0 radical (unpaired) electrons. The summed E-state index contributed by atoms with van der Waals surface area (Å²) in [5, 5.41) is 17.8. The summed E-state index contributed by atoms with van der Waals surface area (Å²) in [5.74, 6) is -0.448. The van der Waals surface area contributed by atoms with Crippen LogP contribution < -0.4 is 0 Å². The maximum absolute atomic E-state index is 11.1. The Morgan fingerprint density at radius 2 is 2.29 bits per heavy atom. The molecule has 2 rings (SSSR count). The number of carbonyl (C=O) groups is 1. The van der Waals surface area contributed by atoms with Gasteiger partial charge in [-0.05, 0) is 19.1 Å². The van der Waals surface area contributed by atoms with Gasteiger partial charge in [-0.1, -0.05) is 12.1 Å². The van der Waals surface area contributed by atoms with Gasteiger partial charge in [0.2, 0.25) is 0 Å². The zero-order valence-electron chi connectivity index (χ0n) is 9.29.